The number of oxazole rings is 1. The van der Waals surface area contributed by atoms with Gasteiger partial charge in [-0.15, -0.1) is 0 Å². The molecule has 0 spiro atoms. The maximum absolute atomic E-state index is 5.30. The van der Waals surface area contributed by atoms with E-state index in [0.29, 0.717) is 24.5 Å². The number of hydrogen-bond acceptors (Lipinski definition) is 5. The summed E-state index contributed by atoms with van der Waals surface area (Å²) in [4.78, 5) is 3.95. The van der Waals surface area contributed by atoms with Crippen molar-refractivity contribution < 1.29 is 18.3 Å². The Morgan fingerprint density at radius 3 is 2.17 bits per heavy atom. The Morgan fingerprint density at radius 2 is 1.69 bits per heavy atom. The average Bonchev–Trinajstić information content (AvgIpc) is 3.42. The lowest BCUT2D eigenvalue weighted by Crippen LogP contribution is -1.94. The third-order valence-corrected chi connectivity index (χ3v) is 4.24. The van der Waals surface area contributed by atoms with Gasteiger partial charge in [0.05, 0.1) is 12.0 Å². The molecule has 0 unspecified atom stereocenters. The van der Waals surface area contributed by atoms with Gasteiger partial charge in [0.15, 0.2) is 17.9 Å². The van der Waals surface area contributed by atoms with Gasteiger partial charge < -0.3 is 18.3 Å². The minimum Gasteiger partial charge on any atom is -0.469 e. The Hall–Kier alpha value is -2.69. The maximum Gasteiger partial charge on any atom is 0.231 e. The van der Waals surface area contributed by atoms with Crippen molar-refractivity contribution in [2.45, 2.75) is 59.8 Å². The molecule has 0 radical (unpaired) electrons. The molecule has 3 heterocycles. The smallest absolute Gasteiger partial charge is 0.231 e. The van der Waals surface area contributed by atoms with E-state index in [1.807, 2.05) is 18.2 Å². The van der Waals surface area contributed by atoms with Crippen LogP contribution in [0.15, 0.2) is 58.1 Å². The molecular weight excluding hydrogens is 366 g/mol. The van der Waals surface area contributed by atoms with Gasteiger partial charge in [-0.2, -0.15) is 0 Å². The summed E-state index contributed by atoms with van der Waals surface area (Å²) in [5.41, 5.74) is 2.34. The molecule has 0 N–H and O–H groups in total. The highest BCUT2D eigenvalue weighted by Gasteiger charge is 2.13. The molecule has 1 aliphatic rings. The van der Waals surface area contributed by atoms with Crippen molar-refractivity contribution in [3.05, 3.63) is 66.3 Å². The largest absolute Gasteiger partial charge is 0.469 e. The first-order valence-corrected chi connectivity index (χ1v) is 10.2. The first kappa shape index (κ1) is 22.6. The fourth-order valence-corrected chi connectivity index (χ4v) is 2.67. The highest BCUT2D eigenvalue weighted by Crippen LogP contribution is 2.33. The van der Waals surface area contributed by atoms with Crippen LogP contribution in [0.1, 0.15) is 70.4 Å². The molecule has 0 atom stereocenters. The Morgan fingerprint density at radius 1 is 0.931 bits per heavy atom. The molecule has 0 bridgehead atoms. The minimum absolute atomic E-state index is 0.362. The summed E-state index contributed by atoms with van der Waals surface area (Å²) in [6, 6.07) is 10.1. The summed E-state index contributed by atoms with van der Waals surface area (Å²) < 4.78 is 20.4. The predicted octanol–water partition coefficient (Wildman–Crippen LogP) is 6.81. The lowest BCUT2D eigenvalue weighted by Gasteiger charge is -2.05. The van der Waals surface area contributed by atoms with E-state index in [2.05, 4.69) is 58.7 Å². The molecule has 0 saturated heterocycles. The van der Waals surface area contributed by atoms with E-state index in [1.165, 1.54) is 12.0 Å². The lowest BCUT2D eigenvalue weighted by atomic mass is 10.0. The van der Waals surface area contributed by atoms with Crippen LogP contribution in [0.25, 0.3) is 0 Å². The third kappa shape index (κ3) is 7.68. The summed E-state index contributed by atoms with van der Waals surface area (Å²) in [5, 5.41) is 0. The molecule has 0 aliphatic carbocycles. The fraction of sp³-hybridized carbons (Fsp3) is 0.458. The van der Waals surface area contributed by atoms with E-state index >= 15 is 0 Å². The Balaban J connectivity index is 0.000000164. The van der Waals surface area contributed by atoms with Crippen molar-refractivity contribution in [1.29, 1.82) is 0 Å². The van der Waals surface area contributed by atoms with Crippen molar-refractivity contribution in [3.8, 4) is 11.5 Å². The molecule has 1 aromatic carbocycles. The SMILES string of the molecule is CC(C)Cc1ccc2c(c1)OCO2.CC(C)c1ccco1.CC(C)c1cocn1. The molecule has 4 rings (SSSR count). The molecule has 158 valence electrons. The standard InChI is InChI=1S/C11H14O2.C7H10O.C6H9NO/c1-8(2)5-9-3-4-10-11(6-9)13-7-12-10;1-6(2)7-4-3-5-8-7;1-5(2)6-3-8-4-7-6/h3-4,6,8H,5,7H2,1-2H3;3-6H,1-2H3;3-5H,1-2H3. The molecule has 5 heteroatoms. The molecule has 0 amide bonds. The number of aromatic nitrogens is 1. The van der Waals surface area contributed by atoms with Crippen molar-refractivity contribution in [1.82, 2.24) is 4.98 Å². The Labute approximate surface area is 174 Å². The van der Waals surface area contributed by atoms with Gasteiger partial charge in [-0.3, -0.25) is 0 Å². The molecule has 29 heavy (non-hydrogen) atoms. The second-order valence-corrected chi connectivity index (χ2v) is 8.02. The van der Waals surface area contributed by atoms with E-state index in [-0.39, 0.29) is 0 Å². The van der Waals surface area contributed by atoms with E-state index in [1.54, 1.807) is 12.5 Å². The van der Waals surface area contributed by atoms with E-state index in [9.17, 15) is 0 Å². The molecular formula is C24H33NO4. The quantitative estimate of drug-likeness (QED) is 0.482. The summed E-state index contributed by atoms with van der Waals surface area (Å²) in [6.07, 6.45) is 5.92. The normalized spacial score (nSPS) is 11.9. The van der Waals surface area contributed by atoms with Crippen LogP contribution in [-0.4, -0.2) is 11.8 Å². The first-order chi connectivity index (χ1) is 13.9. The second kappa shape index (κ2) is 11.3. The van der Waals surface area contributed by atoms with Gasteiger partial charge in [-0.1, -0.05) is 47.6 Å². The zero-order chi connectivity index (χ0) is 21.2. The van der Waals surface area contributed by atoms with Gasteiger partial charge >= 0.3 is 0 Å². The van der Waals surface area contributed by atoms with E-state index < -0.39 is 0 Å². The lowest BCUT2D eigenvalue weighted by molar-refractivity contribution is 0.174. The Kier molecular flexibility index (Phi) is 8.84. The monoisotopic (exact) mass is 399 g/mol. The van der Waals surface area contributed by atoms with Crippen molar-refractivity contribution in [2.75, 3.05) is 6.79 Å². The van der Waals surface area contributed by atoms with Gasteiger partial charge in [0, 0.05) is 5.92 Å². The van der Waals surface area contributed by atoms with Gasteiger partial charge in [-0.25, -0.2) is 4.98 Å². The summed E-state index contributed by atoms with van der Waals surface area (Å²) in [6.45, 7) is 13.2. The van der Waals surface area contributed by atoms with Gasteiger partial charge in [-0.05, 0) is 48.1 Å². The highest BCUT2D eigenvalue weighted by molar-refractivity contribution is 5.44. The van der Waals surface area contributed by atoms with Crippen molar-refractivity contribution in [3.63, 3.8) is 0 Å². The number of rotatable bonds is 4. The average molecular weight is 400 g/mol. The van der Waals surface area contributed by atoms with Crippen LogP contribution >= 0.6 is 0 Å². The second-order valence-electron chi connectivity index (χ2n) is 8.02. The van der Waals surface area contributed by atoms with Crippen LogP contribution in [0.5, 0.6) is 11.5 Å². The zero-order valence-electron chi connectivity index (χ0n) is 18.3. The molecule has 0 fully saturated rings. The van der Waals surface area contributed by atoms with Crippen LogP contribution < -0.4 is 9.47 Å². The topological polar surface area (TPSA) is 57.6 Å². The zero-order valence-corrected chi connectivity index (χ0v) is 18.3. The third-order valence-electron chi connectivity index (χ3n) is 4.24. The highest BCUT2D eigenvalue weighted by atomic mass is 16.7. The molecule has 2 aromatic heterocycles. The number of benzene rings is 1. The van der Waals surface area contributed by atoms with Crippen LogP contribution in [0.3, 0.4) is 0 Å². The first-order valence-electron chi connectivity index (χ1n) is 10.2. The number of furan rings is 1. The minimum atomic E-state index is 0.362. The van der Waals surface area contributed by atoms with Crippen molar-refractivity contribution in [2.24, 2.45) is 5.92 Å². The van der Waals surface area contributed by atoms with Crippen molar-refractivity contribution >= 4 is 0 Å². The van der Waals surface area contributed by atoms with Crippen LogP contribution in [-0.2, 0) is 6.42 Å². The van der Waals surface area contributed by atoms with Gasteiger partial charge in [0.25, 0.3) is 0 Å². The van der Waals surface area contributed by atoms with Crippen LogP contribution in [0, 0.1) is 5.92 Å². The number of hydrogen-bond donors (Lipinski definition) is 0. The molecule has 1 aliphatic heterocycles. The predicted molar refractivity (Wildman–Crippen MR) is 114 cm³/mol. The summed E-state index contributed by atoms with van der Waals surface area (Å²) in [5.74, 6) is 4.50. The molecule has 5 nitrogen and oxygen atoms in total. The maximum atomic E-state index is 5.30. The number of nitrogens with zero attached hydrogens (tertiary/aromatic N) is 1. The fourth-order valence-electron chi connectivity index (χ4n) is 2.67. The van der Waals surface area contributed by atoms with E-state index in [0.717, 1.165) is 29.4 Å². The molecule has 3 aromatic rings. The van der Waals surface area contributed by atoms with Crippen LogP contribution in [0.4, 0.5) is 0 Å². The summed E-state index contributed by atoms with van der Waals surface area (Å²) >= 11 is 0. The van der Waals surface area contributed by atoms with Crippen LogP contribution in [0.2, 0.25) is 0 Å². The summed E-state index contributed by atoms with van der Waals surface area (Å²) in [7, 11) is 0. The number of fused-ring (bicyclic) bond motifs is 1. The molecule has 0 saturated carbocycles. The van der Waals surface area contributed by atoms with Gasteiger partial charge in [0.2, 0.25) is 6.79 Å². The number of ether oxygens (including phenoxy) is 2. The van der Waals surface area contributed by atoms with Gasteiger partial charge in [0.1, 0.15) is 12.0 Å². The Bertz CT molecular complexity index is 767. The van der Waals surface area contributed by atoms with E-state index in [4.69, 9.17) is 18.3 Å².